The van der Waals surface area contributed by atoms with E-state index in [4.69, 9.17) is 4.42 Å². The van der Waals surface area contributed by atoms with Crippen LogP contribution in [-0.2, 0) is 12.7 Å². The van der Waals surface area contributed by atoms with E-state index in [1.165, 1.54) is 6.07 Å². The van der Waals surface area contributed by atoms with Crippen LogP contribution in [0, 0.1) is 6.92 Å². The Labute approximate surface area is 163 Å². The molecule has 0 aliphatic carbocycles. The Morgan fingerprint density at radius 2 is 1.96 bits per heavy atom. The molecule has 146 valence electrons. The van der Waals surface area contributed by atoms with Gasteiger partial charge in [-0.2, -0.15) is 13.2 Å². The van der Waals surface area contributed by atoms with Gasteiger partial charge in [-0.05, 0) is 44.6 Å². The summed E-state index contributed by atoms with van der Waals surface area (Å²) < 4.78 is 44.2. The number of benzene rings is 1. The normalized spacial score (nSPS) is 15.7. The molecule has 0 radical (unpaired) electrons. The van der Waals surface area contributed by atoms with Gasteiger partial charge in [0.1, 0.15) is 5.76 Å². The number of aromatic nitrogens is 1. The van der Waals surface area contributed by atoms with Crippen molar-refractivity contribution in [2.24, 2.45) is 0 Å². The second-order valence-corrected chi connectivity index (χ2v) is 5.98. The number of oxazole rings is 1. The van der Waals surface area contributed by atoms with Crippen molar-refractivity contribution in [3.8, 4) is 11.5 Å². The molecule has 4 nitrogen and oxygen atoms in total. The molecule has 1 aliphatic heterocycles. The van der Waals surface area contributed by atoms with Crippen LogP contribution in [0.4, 0.5) is 13.2 Å². The number of halogens is 5. The van der Waals surface area contributed by atoms with E-state index in [-0.39, 0.29) is 30.7 Å². The fraction of sp³-hybridized carbons (Fsp3) is 0.471. The van der Waals surface area contributed by atoms with Gasteiger partial charge in [0.15, 0.2) is 0 Å². The third-order valence-electron chi connectivity index (χ3n) is 4.14. The first-order chi connectivity index (χ1) is 11.4. The molecule has 0 amide bonds. The highest BCUT2D eigenvalue weighted by Gasteiger charge is 2.31. The summed E-state index contributed by atoms with van der Waals surface area (Å²) in [5.41, 5.74) is 0.428. The fourth-order valence-corrected chi connectivity index (χ4v) is 2.80. The molecular weight excluding hydrogens is 390 g/mol. The van der Waals surface area contributed by atoms with Gasteiger partial charge in [0.2, 0.25) is 5.89 Å². The third kappa shape index (κ3) is 5.61. The number of hydrogen-bond acceptors (Lipinski definition) is 4. The molecular formula is C17H22Cl2F3N3O. The maximum absolute atomic E-state index is 12.9. The van der Waals surface area contributed by atoms with Gasteiger partial charge in [0.25, 0.3) is 0 Å². The summed E-state index contributed by atoms with van der Waals surface area (Å²) in [7, 11) is 0. The van der Waals surface area contributed by atoms with Crippen molar-refractivity contribution in [3.05, 3.63) is 41.3 Å². The summed E-state index contributed by atoms with van der Waals surface area (Å²) in [6.07, 6.45) is -3.31. The van der Waals surface area contributed by atoms with Gasteiger partial charge in [0.05, 0.1) is 11.3 Å². The van der Waals surface area contributed by atoms with Crippen molar-refractivity contribution in [1.82, 2.24) is 15.2 Å². The predicted octanol–water partition coefficient (Wildman–Crippen LogP) is 4.31. The summed E-state index contributed by atoms with van der Waals surface area (Å²) in [5.74, 6) is 0.890. The first-order valence-electron chi connectivity index (χ1n) is 8.00. The Morgan fingerprint density at radius 3 is 2.69 bits per heavy atom. The van der Waals surface area contributed by atoms with E-state index >= 15 is 0 Å². The first-order valence-corrected chi connectivity index (χ1v) is 8.00. The van der Waals surface area contributed by atoms with Crippen LogP contribution in [0.1, 0.15) is 23.4 Å². The maximum Gasteiger partial charge on any atom is 0.416 e. The highest BCUT2D eigenvalue weighted by molar-refractivity contribution is 5.85. The molecule has 1 fully saturated rings. The van der Waals surface area contributed by atoms with Crippen molar-refractivity contribution >= 4 is 24.8 Å². The smallest absolute Gasteiger partial charge is 0.416 e. The van der Waals surface area contributed by atoms with Gasteiger partial charge >= 0.3 is 6.18 Å². The van der Waals surface area contributed by atoms with E-state index < -0.39 is 11.7 Å². The number of alkyl halides is 3. The second kappa shape index (κ2) is 9.60. The van der Waals surface area contributed by atoms with Crippen LogP contribution in [0.5, 0.6) is 0 Å². The number of nitrogens with zero attached hydrogens (tertiary/aromatic N) is 2. The number of nitrogens with one attached hydrogen (secondary N) is 1. The van der Waals surface area contributed by atoms with E-state index in [0.717, 1.165) is 50.4 Å². The van der Waals surface area contributed by atoms with Crippen LogP contribution in [0.25, 0.3) is 11.5 Å². The molecule has 9 heteroatoms. The zero-order valence-electron chi connectivity index (χ0n) is 14.3. The zero-order chi connectivity index (χ0) is 17.2. The predicted molar refractivity (Wildman–Crippen MR) is 98.9 cm³/mol. The molecule has 1 saturated heterocycles. The maximum atomic E-state index is 12.9. The monoisotopic (exact) mass is 411 g/mol. The highest BCUT2D eigenvalue weighted by Crippen LogP contribution is 2.32. The molecule has 2 heterocycles. The minimum absolute atomic E-state index is 0. The minimum Gasteiger partial charge on any atom is -0.441 e. The number of hydrogen-bond donors (Lipinski definition) is 1. The van der Waals surface area contributed by atoms with E-state index in [0.29, 0.717) is 17.9 Å². The third-order valence-corrected chi connectivity index (χ3v) is 4.14. The molecule has 1 aliphatic rings. The van der Waals surface area contributed by atoms with Crippen LogP contribution in [-0.4, -0.2) is 36.1 Å². The summed E-state index contributed by atoms with van der Waals surface area (Å²) in [6, 6.07) is 5.08. The summed E-state index contributed by atoms with van der Waals surface area (Å²) in [5, 5.41) is 3.34. The van der Waals surface area contributed by atoms with Gasteiger partial charge in [-0.25, -0.2) is 4.98 Å². The lowest BCUT2D eigenvalue weighted by Crippen LogP contribution is -2.28. The van der Waals surface area contributed by atoms with Gasteiger partial charge in [0, 0.05) is 25.2 Å². The topological polar surface area (TPSA) is 41.3 Å². The molecule has 1 aromatic heterocycles. The standard InChI is InChI=1S/C17H20F3N3O.2ClH/c1-12-15(11-23-8-3-6-21-7-9-23)22-16(24-12)13-4-2-5-14(10-13)17(18,19)20;;/h2,4-5,10,21H,3,6-9,11H2,1H3;2*1H. The zero-order valence-corrected chi connectivity index (χ0v) is 15.9. The average molecular weight is 412 g/mol. The van der Waals surface area contributed by atoms with Gasteiger partial charge < -0.3 is 9.73 Å². The average Bonchev–Trinajstić information content (AvgIpc) is 2.74. The largest absolute Gasteiger partial charge is 0.441 e. The van der Waals surface area contributed by atoms with Gasteiger partial charge in [-0.3, -0.25) is 4.90 Å². The molecule has 1 aromatic carbocycles. The number of rotatable bonds is 3. The Bertz CT molecular complexity index is 699. The van der Waals surface area contributed by atoms with Crippen LogP contribution >= 0.6 is 24.8 Å². The molecule has 0 spiro atoms. The van der Waals surface area contributed by atoms with Crippen LogP contribution < -0.4 is 5.32 Å². The molecule has 26 heavy (non-hydrogen) atoms. The second-order valence-electron chi connectivity index (χ2n) is 5.98. The van der Waals surface area contributed by atoms with Gasteiger partial charge in [-0.1, -0.05) is 6.07 Å². The Balaban J connectivity index is 0.00000169. The molecule has 2 aromatic rings. The lowest BCUT2D eigenvalue weighted by atomic mass is 10.1. The quantitative estimate of drug-likeness (QED) is 0.816. The van der Waals surface area contributed by atoms with Crippen molar-refractivity contribution in [3.63, 3.8) is 0 Å². The fourth-order valence-electron chi connectivity index (χ4n) is 2.80. The first kappa shape index (κ1) is 22.8. The van der Waals surface area contributed by atoms with Crippen molar-refractivity contribution in [1.29, 1.82) is 0 Å². The molecule has 0 atom stereocenters. The Kier molecular flexibility index (Phi) is 8.40. The lowest BCUT2D eigenvalue weighted by Gasteiger charge is -2.17. The van der Waals surface area contributed by atoms with Crippen LogP contribution in [0.2, 0.25) is 0 Å². The van der Waals surface area contributed by atoms with E-state index in [2.05, 4.69) is 15.2 Å². The van der Waals surface area contributed by atoms with E-state index in [1.54, 1.807) is 13.0 Å². The summed E-state index contributed by atoms with van der Waals surface area (Å²) >= 11 is 0. The summed E-state index contributed by atoms with van der Waals surface area (Å²) in [4.78, 5) is 6.71. The molecule has 0 unspecified atom stereocenters. The van der Waals surface area contributed by atoms with E-state index in [1.807, 2.05) is 0 Å². The molecule has 0 bridgehead atoms. The van der Waals surface area contributed by atoms with Crippen LogP contribution in [0.3, 0.4) is 0 Å². The Hall–Kier alpha value is -1.28. The van der Waals surface area contributed by atoms with Gasteiger partial charge in [-0.15, -0.1) is 24.8 Å². The highest BCUT2D eigenvalue weighted by atomic mass is 35.5. The van der Waals surface area contributed by atoms with Crippen LogP contribution in [0.15, 0.2) is 28.7 Å². The van der Waals surface area contributed by atoms with Crippen molar-refractivity contribution in [2.75, 3.05) is 26.2 Å². The lowest BCUT2D eigenvalue weighted by molar-refractivity contribution is -0.137. The Morgan fingerprint density at radius 1 is 1.19 bits per heavy atom. The van der Waals surface area contributed by atoms with Crippen molar-refractivity contribution < 1.29 is 17.6 Å². The van der Waals surface area contributed by atoms with Crippen molar-refractivity contribution in [2.45, 2.75) is 26.1 Å². The molecule has 3 rings (SSSR count). The minimum atomic E-state index is -4.38. The molecule has 1 N–H and O–H groups in total. The summed E-state index contributed by atoms with van der Waals surface area (Å²) in [6.45, 7) is 6.27. The SMILES string of the molecule is Cc1oc(-c2cccc(C(F)(F)F)c2)nc1CN1CCCNCC1.Cl.Cl. The number of aryl methyl sites for hydroxylation is 1. The molecule has 0 saturated carbocycles. The van der Waals surface area contributed by atoms with E-state index in [9.17, 15) is 13.2 Å².